The predicted octanol–water partition coefficient (Wildman–Crippen LogP) is 13.9. The average molecular weight is 644 g/mol. The van der Waals surface area contributed by atoms with Crippen LogP contribution in [0.3, 0.4) is 0 Å². The van der Waals surface area contributed by atoms with Crippen LogP contribution in [0.1, 0.15) is 0 Å². The van der Waals surface area contributed by atoms with Gasteiger partial charge in [0.15, 0.2) is 0 Å². The molecule has 0 aliphatic heterocycles. The minimum atomic E-state index is 0.895. The number of hydrogen-bond acceptors (Lipinski definition) is 3. The Hall–Kier alpha value is -6.16. The van der Waals surface area contributed by atoms with Crippen molar-refractivity contribution in [2.24, 2.45) is 0 Å². The fourth-order valence-corrected chi connectivity index (χ4v) is 8.43. The van der Waals surface area contributed by atoms with Crippen molar-refractivity contribution >= 4 is 81.3 Å². The molecule has 2 aromatic heterocycles. The smallest absolute Gasteiger partial charge is 0.135 e. The molecule has 3 heteroatoms. The van der Waals surface area contributed by atoms with Gasteiger partial charge in [-0.25, -0.2) is 0 Å². The maximum Gasteiger partial charge on any atom is 0.135 e. The van der Waals surface area contributed by atoms with Crippen molar-refractivity contribution in [1.29, 1.82) is 0 Å². The van der Waals surface area contributed by atoms with E-state index in [9.17, 15) is 0 Å². The van der Waals surface area contributed by atoms with Gasteiger partial charge in [0, 0.05) is 37.6 Å². The van der Waals surface area contributed by atoms with Gasteiger partial charge >= 0.3 is 0 Å². The largest absolute Gasteiger partial charge is 0.456 e. The molecule has 2 nitrogen and oxygen atoms in total. The van der Waals surface area contributed by atoms with Gasteiger partial charge in [0.2, 0.25) is 0 Å². The highest BCUT2D eigenvalue weighted by molar-refractivity contribution is 7.26. The van der Waals surface area contributed by atoms with Crippen LogP contribution in [0.15, 0.2) is 180 Å². The minimum Gasteiger partial charge on any atom is -0.456 e. The Kier molecular flexibility index (Phi) is 6.39. The van der Waals surface area contributed by atoms with Gasteiger partial charge in [0.25, 0.3) is 0 Å². The van der Waals surface area contributed by atoms with E-state index < -0.39 is 0 Å². The lowest BCUT2D eigenvalue weighted by Crippen LogP contribution is -2.10. The highest BCUT2D eigenvalue weighted by Crippen LogP contribution is 2.46. The quantitative estimate of drug-likeness (QED) is 0.186. The first-order chi connectivity index (χ1) is 24.3. The summed E-state index contributed by atoms with van der Waals surface area (Å²) in [6.45, 7) is 0. The molecule has 0 saturated carbocycles. The zero-order chi connectivity index (χ0) is 32.3. The Morgan fingerprint density at radius 1 is 0.388 bits per heavy atom. The summed E-state index contributed by atoms with van der Waals surface area (Å²) >= 11 is 1.85. The number of benzene rings is 8. The molecule has 49 heavy (non-hydrogen) atoms. The summed E-state index contributed by atoms with van der Waals surface area (Å²) in [5, 5.41) is 7.29. The zero-order valence-corrected chi connectivity index (χ0v) is 27.3. The van der Waals surface area contributed by atoms with Gasteiger partial charge in [-0.3, -0.25) is 0 Å². The SMILES string of the molecule is c1ccc(-c2ccc3ccc(-c4ccc(N(c5ccc6oc7ccccc7c6c5)c5cccc6c5sc5ccccc56)cc4)cc3c2)cc1. The molecule has 0 spiro atoms. The van der Waals surface area contributed by atoms with Crippen molar-refractivity contribution in [1.82, 2.24) is 0 Å². The number of para-hydroxylation sites is 1. The number of hydrogen-bond donors (Lipinski definition) is 0. The lowest BCUT2D eigenvalue weighted by molar-refractivity contribution is 0.669. The van der Waals surface area contributed by atoms with Crippen molar-refractivity contribution in [3.8, 4) is 22.3 Å². The van der Waals surface area contributed by atoms with Crippen LogP contribution in [-0.2, 0) is 0 Å². The predicted molar refractivity (Wildman–Crippen MR) is 210 cm³/mol. The monoisotopic (exact) mass is 643 g/mol. The molecule has 0 aliphatic rings. The second kappa shape index (κ2) is 11.2. The van der Waals surface area contributed by atoms with E-state index in [-0.39, 0.29) is 0 Å². The standard InChI is InChI=1S/C46H29NOS/c1-2-9-30(10-3-1)33-19-17-32-18-20-34(28-35(32)27-33)31-21-23-36(24-22-31)47(37-25-26-44-41(29-37)38-11-4-6-15-43(38)48-44)42-14-8-13-40-39-12-5-7-16-45(39)49-46(40)42/h1-29H. The third-order valence-corrected chi connectivity index (χ3v) is 10.9. The molecule has 0 unspecified atom stereocenters. The van der Waals surface area contributed by atoms with Crippen LogP contribution in [0.2, 0.25) is 0 Å². The summed E-state index contributed by atoms with van der Waals surface area (Å²) in [5.41, 5.74) is 10.0. The Morgan fingerprint density at radius 2 is 1.02 bits per heavy atom. The Labute approximate surface area is 287 Å². The first kappa shape index (κ1) is 27.9. The number of thiophene rings is 1. The van der Waals surface area contributed by atoms with Crippen LogP contribution in [0.4, 0.5) is 17.1 Å². The molecule has 0 bridgehead atoms. The second-order valence-corrected chi connectivity index (χ2v) is 13.6. The first-order valence-corrected chi connectivity index (χ1v) is 17.4. The van der Waals surface area contributed by atoms with Gasteiger partial charge in [-0.1, -0.05) is 115 Å². The van der Waals surface area contributed by atoms with E-state index in [4.69, 9.17) is 4.42 Å². The maximum atomic E-state index is 6.22. The van der Waals surface area contributed by atoms with Crippen molar-refractivity contribution in [2.45, 2.75) is 0 Å². The molecule has 230 valence electrons. The summed E-state index contributed by atoms with van der Waals surface area (Å²) < 4.78 is 8.79. The topological polar surface area (TPSA) is 16.4 Å². The fraction of sp³-hybridized carbons (Fsp3) is 0. The molecule has 0 radical (unpaired) electrons. The molecule has 0 aliphatic carbocycles. The van der Waals surface area contributed by atoms with Crippen LogP contribution in [-0.4, -0.2) is 0 Å². The van der Waals surface area contributed by atoms with Gasteiger partial charge in [-0.2, -0.15) is 0 Å². The molecule has 0 N–H and O–H groups in total. The number of fused-ring (bicyclic) bond motifs is 7. The average Bonchev–Trinajstić information content (AvgIpc) is 3.74. The summed E-state index contributed by atoms with van der Waals surface area (Å²) in [4.78, 5) is 2.40. The van der Waals surface area contributed by atoms with E-state index in [1.807, 2.05) is 23.5 Å². The van der Waals surface area contributed by atoms with Crippen LogP contribution >= 0.6 is 11.3 Å². The van der Waals surface area contributed by atoms with Crippen LogP contribution in [0, 0.1) is 0 Å². The highest BCUT2D eigenvalue weighted by Gasteiger charge is 2.19. The van der Waals surface area contributed by atoms with E-state index in [1.165, 1.54) is 53.2 Å². The van der Waals surface area contributed by atoms with Crippen molar-refractivity contribution < 1.29 is 4.42 Å². The van der Waals surface area contributed by atoms with Gasteiger partial charge in [0.1, 0.15) is 11.2 Å². The second-order valence-electron chi connectivity index (χ2n) is 12.6. The van der Waals surface area contributed by atoms with Gasteiger partial charge < -0.3 is 9.32 Å². The van der Waals surface area contributed by atoms with E-state index in [0.717, 1.165) is 39.0 Å². The van der Waals surface area contributed by atoms with Gasteiger partial charge in [-0.05, 0) is 93.7 Å². The minimum absolute atomic E-state index is 0.895. The van der Waals surface area contributed by atoms with E-state index in [1.54, 1.807) is 0 Å². The Morgan fingerprint density at radius 3 is 1.84 bits per heavy atom. The fourth-order valence-electron chi connectivity index (χ4n) is 7.23. The number of anilines is 3. The zero-order valence-electron chi connectivity index (χ0n) is 26.5. The Balaban J connectivity index is 1.11. The van der Waals surface area contributed by atoms with Gasteiger partial charge in [-0.15, -0.1) is 11.3 Å². The molecular formula is C46H29NOS. The number of nitrogens with zero attached hydrogens (tertiary/aromatic N) is 1. The third kappa shape index (κ3) is 4.70. The normalized spacial score (nSPS) is 11.7. The van der Waals surface area contributed by atoms with E-state index >= 15 is 0 Å². The maximum absolute atomic E-state index is 6.22. The summed E-state index contributed by atoms with van der Waals surface area (Å²) in [5.74, 6) is 0. The molecule has 0 atom stereocenters. The summed E-state index contributed by atoms with van der Waals surface area (Å²) in [6, 6.07) is 63.3. The van der Waals surface area contributed by atoms with Crippen LogP contribution < -0.4 is 4.90 Å². The molecular weight excluding hydrogens is 615 g/mol. The lowest BCUT2D eigenvalue weighted by Gasteiger charge is -2.26. The molecule has 10 rings (SSSR count). The van der Waals surface area contributed by atoms with Crippen LogP contribution in [0.5, 0.6) is 0 Å². The Bertz CT molecular complexity index is 2830. The lowest BCUT2D eigenvalue weighted by atomic mass is 9.97. The summed E-state index contributed by atoms with van der Waals surface area (Å²) in [6.07, 6.45) is 0. The van der Waals surface area contributed by atoms with Crippen molar-refractivity contribution in [3.63, 3.8) is 0 Å². The van der Waals surface area contributed by atoms with Gasteiger partial charge in [0.05, 0.1) is 10.4 Å². The number of furan rings is 1. The van der Waals surface area contributed by atoms with E-state index in [0.29, 0.717) is 0 Å². The first-order valence-electron chi connectivity index (χ1n) is 16.6. The molecule has 8 aromatic carbocycles. The molecule has 0 saturated heterocycles. The molecule has 10 aromatic rings. The highest BCUT2D eigenvalue weighted by atomic mass is 32.1. The molecule has 0 fully saturated rings. The van der Waals surface area contributed by atoms with Crippen LogP contribution in [0.25, 0.3) is 75.1 Å². The third-order valence-electron chi connectivity index (χ3n) is 9.65. The molecule has 2 heterocycles. The van der Waals surface area contributed by atoms with Crippen molar-refractivity contribution in [3.05, 3.63) is 176 Å². The summed E-state index contributed by atoms with van der Waals surface area (Å²) in [7, 11) is 0. The molecule has 0 amide bonds. The van der Waals surface area contributed by atoms with E-state index in [2.05, 4.69) is 169 Å². The van der Waals surface area contributed by atoms with Crippen molar-refractivity contribution in [2.75, 3.05) is 4.90 Å². The number of rotatable bonds is 5.